The number of pyridine rings is 2. The summed E-state index contributed by atoms with van der Waals surface area (Å²) < 4.78 is 7.93. The third-order valence-corrected chi connectivity index (χ3v) is 6.19. The van der Waals surface area contributed by atoms with Gasteiger partial charge in [0.15, 0.2) is 11.4 Å². The monoisotopic (exact) mass is 456 g/mol. The lowest BCUT2D eigenvalue weighted by atomic mass is 9.97. The summed E-state index contributed by atoms with van der Waals surface area (Å²) in [7, 11) is 0. The zero-order valence-electron chi connectivity index (χ0n) is 19.4. The molecule has 7 heteroatoms. The molecule has 4 rings (SSSR count). The number of hydrogen-bond donors (Lipinski definition) is 0. The van der Waals surface area contributed by atoms with E-state index >= 15 is 0 Å². The molecule has 0 saturated carbocycles. The van der Waals surface area contributed by atoms with Crippen LogP contribution in [0.25, 0.3) is 5.65 Å². The van der Waals surface area contributed by atoms with Gasteiger partial charge in [-0.15, -0.1) is 12.4 Å². The molecule has 172 valence electrons. The van der Waals surface area contributed by atoms with E-state index in [1.807, 2.05) is 24.0 Å². The van der Waals surface area contributed by atoms with E-state index in [0.717, 1.165) is 55.7 Å². The smallest absolute Gasteiger partial charge is 0.276 e. The molecule has 3 aromatic rings. The molecule has 6 nitrogen and oxygen atoms in total. The molecule has 1 fully saturated rings. The van der Waals surface area contributed by atoms with Crippen LogP contribution in [0.4, 0.5) is 0 Å². The van der Waals surface area contributed by atoms with Crippen molar-refractivity contribution in [2.75, 3.05) is 13.2 Å². The van der Waals surface area contributed by atoms with E-state index in [2.05, 4.69) is 48.6 Å². The van der Waals surface area contributed by atoms with Gasteiger partial charge >= 0.3 is 0 Å². The first-order valence-electron chi connectivity index (χ1n) is 11.3. The standard InChI is InChI=1S/C25H32N4O2.ClH/c1-5-14-31-22-10-9-18(3)26-23(22)25(30)29-12-7-6-8-21(29)15-20-16-28-13-11-17(2)19(4)24(28)27-20;/h9-11,13,16,21H,5-8,12,14-15H2,1-4H3;1H/t21-;/m0./s1. The predicted octanol–water partition coefficient (Wildman–Crippen LogP) is 5.10. The van der Waals surface area contributed by atoms with E-state index in [9.17, 15) is 4.79 Å². The first-order chi connectivity index (χ1) is 15.0. The van der Waals surface area contributed by atoms with Crippen LogP contribution >= 0.6 is 12.4 Å². The van der Waals surface area contributed by atoms with Crippen LogP contribution in [0, 0.1) is 20.8 Å². The molecule has 1 aliphatic heterocycles. The summed E-state index contributed by atoms with van der Waals surface area (Å²) in [5.41, 5.74) is 5.72. The number of hydrogen-bond acceptors (Lipinski definition) is 4. The maximum atomic E-state index is 13.6. The van der Waals surface area contributed by atoms with Crippen molar-refractivity contribution in [1.82, 2.24) is 19.3 Å². The van der Waals surface area contributed by atoms with Crippen LogP contribution in [-0.2, 0) is 6.42 Å². The van der Waals surface area contributed by atoms with Crippen LogP contribution in [0.2, 0.25) is 0 Å². The number of carbonyl (C=O) groups is 1. The molecule has 0 unspecified atom stereocenters. The number of nitrogens with zero attached hydrogens (tertiary/aromatic N) is 4. The molecule has 32 heavy (non-hydrogen) atoms. The Morgan fingerprint density at radius 1 is 1.16 bits per heavy atom. The van der Waals surface area contributed by atoms with Gasteiger partial charge in [-0.2, -0.15) is 0 Å². The minimum Gasteiger partial charge on any atom is -0.491 e. The number of aromatic nitrogens is 3. The Hall–Kier alpha value is -2.60. The molecule has 0 spiro atoms. The van der Waals surface area contributed by atoms with Gasteiger partial charge in [-0.25, -0.2) is 9.97 Å². The Labute approximate surface area is 196 Å². The lowest BCUT2D eigenvalue weighted by molar-refractivity contribution is 0.0601. The largest absolute Gasteiger partial charge is 0.491 e. The van der Waals surface area contributed by atoms with Gasteiger partial charge in [-0.1, -0.05) is 6.92 Å². The van der Waals surface area contributed by atoms with Crippen molar-refractivity contribution >= 4 is 24.0 Å². The molecule has 0 N–H and O–H groups in total. The second-order valence-corrected chi connectivity index (χ2v) is 8.59. The van der Waals surface area contributed by atoms with E-state index in [1.165, 1.54) is 11.1 Å². The SMILES string of the molecule is CCCOc1ccc(C)nc1C(=O)N1CCCC[C@H]1Cc1cn2ccc(C)c(C)c2n1.Cl. The summed E-state index contributed by atoms with van der Waals surface area (Å²) in [6, 6.07) is 6.01. The van der Waals surface area contributed by atoms with E-state index in [-0.39, 0.29) is 24.4 Å². The summed E-state index contributed by atoms with van der Waals surface area (Å²) in [6.45, 7) is 9.51. The third-order valence-electron chi connectivity index (χ3n) is 6.19. The number of amides is 1. The molecule has 0 aromatic carbocycles. The fourth-order valence-electron chi connectivity index (χ4n) is 4.31. The Bertz CT molecular complexity index is 1090. The van der Waals surface area contributed by atoms with Crippen LogP contribution < -0.4 is 4.74 Å². The highest BCUT2D eigenvalue weighted by Crippen LogP contribution is 2.26. The predicted molar refractivity (Wildman–Crippen MR) is 129 cm³/mol. The first-order valence-corrected chi connectivity index (χ1v) is 11.3. The highest BCUT2D eigenvalue weighted by molar-refractivity contribution is 5.95. The van der Waals surface area contributed by atoms with Crippen molar-refractivity contribution < 1.29 is 9.53 Å². The van der Waals surface area contributed by atoms with Gasteiger partial charge in [0.1, 0.15) is 5.65 Å². The third kappa shape index (κ3) is 4.90. The van der Waals surface area contributed by atoms with E-state index in [0.29, 0.717) is 18.1 Å². The minimum absolute atomic E-state index is 0. The second kappa shape index (κ2) is 10.3. The van der Waals surface area contributed by atoms with Gasteiger partial charge in [0.2, 0.25) is 0 Å². The van der Waals surface area contributed by atoms with Gasteiger partial charge in [0.05, 0.1) is 12.3 Å². The summed E-state index contributed by atoms with van der Waals surface area (Å²) in [5, 5.41) is 0. The zero-order valence-corrected chi connectivity index (χ0v) is 20.2. The highest BCUT2D eigenvalue weighted by atomic mass is 35.5. The lowest BCUT2D eigenvalue weighted by Gasteiger charge is -2.35. The van der Waals surface area contributed by atoms with E-state index in [1.54, 1.807) is 0 Å². The molecule has 0 aliphatic carbocycles. The number of rotatable bonds is 6. The van der Waals surface area contributed by atoms with Crippen molar-refractivity contribution in [2.24, 2.45) is 0 Å². The number of fused-ring (bicyclic) bond motifs is 1. The number of imidazole rings is 1. The quantitative estimate of drug-likeness (QED) is 0.517. The maximum absolute atomic E-state index is 13.6. The van der Waals surface area contributed by atoms with Crippen LogP contribution in [0.5, 0.6) is 5.75 Å². The van der Waals surface area contributed by atoms with Gasteiger partial charge < -0.3 is 14.0 Å². The number of carbonyl (C=O) groups excluding carboxylic acids is 1. The number of aryl methyl sites for hydroxylation is 3. The summed E-state index contributed by atoms with van der Waals surface area (Å²) in [6.07, 6.45) is 8.92. The van der Waals surface area contributed by atoms with Crippen molar-refractivity contribution in [1.29, 1.82) is 0 Å². The van der Waals surface area contributed by atoms with Gasteiger partial charge in [-0.05, 0) is 75.8 Å². The molecule has 1 aliphatic rings. The van der Waals surface area contributed by atoms with Crippen molar-refractivity contribution in [3.63, 3.8) is 0 Å². The van der Waals surface area contributed by atoms with Crippen LogP contribution in [0.1, 0.15) is 65.6 Å². The average Bonchev–Trinajstić information content (AvgIpc) is 3.19. The van der Waals surface area contributed by atoms with Crippen molar-refractivity contribution in [3.05, 3.63) is 58.8 Å². The Morgan fingerprint density at radius 3 is 2.75 bits per heavy atom. The molecule has 0 bridgehead atoms. The summed E-state index contributed by atoms with van der Waals surface area (Å²) in [4.78, 5) is 25.0. The van der Waals surface area contributed by atoms with Crippen LogP contribution in [0.15, 0.2) is 30.6 Å². The Balaban J connectivity index is 0.00000289. The fourth-order valence-corrected chi connectivity index (χ4v) is 4.31. The number of ether oxygens (including phenoxy) is 1. The number of likely N-dealkylation sites (tertiary alicyclic amines) is 1. The normalized spacial score (nSPS) is 16.1. The van der Waals surface area contributed by atoms with Crippen molar-refractivity contribution in [3.8, 4) is 5.75 Å². The Morgan fingerprint density at radius 2 is 1.97 bits per heavy atom. The van der Waals surface area contributed by atoms with Crippen molar-refractivity contribution in [2.45, 2.75) is 65.8 Å². The molecule has 4 heterocycles. The van der Waals surface area contributed by atoms with E-state index in [4.69, 9.17) is 9.72 Å². The molecule has 1 atom stereocenters. The van der Waals surface area contributed by atoms with Gasteiger partial charge in [0, 0.05) is 37.1 Å². The van der Waals surface area contributed by atoms with Crippen LogP contribution in [0.3, 0.4) is 0 Å². The molecule has 3 aromatic heterocycles. The Kier molecular flexibility index (Phi) is 7.77. The zero-order chi connectivity index (χ0) is 22.0. The molecule has 1 saturated heterocycles. The van der Waals surface area contributed by atoms with Gasteiger partial charge in [0.25, 0.3) is 5.91 Å². The average molecular weight is 457 g/mol. The number of halogens is 1. The maximum Gasteiger partial charge on any atom is 0.276 e. The summed E-state index contributed by atoms with van der Waals surface area (Å²) in [5.74, 6) is 0.552. The molecular weight excluding hydrogens is 424 g/mol. The minimum atomic E-state index is -0.0321. The van der Waals surface area contributed by atoms with E-state index < -0.39 is 0 Å². The summed E-state index contributed by atoms with van der Waals surface area (Å²) >= 11 is 0. The fraction of sp³-hybridized carbons (Fsp3) is 0.480. The molecule has 1 amide bonds. The van der Waals surface area contributed by atoms with Crippen LogP contribution in [-0.4, -0.2) is 44.4 Å². The molecule has 0 radical (unpaired) electrons. The second-order valence-electron chi connectivity index (χ2n) is 8.59. The first kappa shape index (κ1) is 24.1. The lowest BCUT2D eigenvalue weighted by Crippen LogP contribution is -2.45. The topological polar surface area (TPSA) is 59.7 Å². The molecular formula is C25H33ClN4O2. The number of piperidine rings is 1. The highest BCUT2D eigenvalue weighted by Gasteiger charge is 2.31. The van der Waals surface area contributed by atoms with Gasteiger partial charge in [-0.3, -0.25) is 4.79 Å².